The number of halogens is 1. The van der Waals surface area contributed by atoms with Gasteiger partial charge in [0.1, 0.15) is 0 Å². The van der Waals surface area contributed by atoms with Gasteiger partial charge in [-0.1, -0.05) is 11.6 Å². The van der Waals surface area contributed by atoms with Gasteiger partial charge in [0, 0.05) is 36.4 Å². The summed E-state index contributed by atoms with van der Waals surface area (Å²) in [5.41, 5.74) is 0.674. The van der Waals surface area contributed by atoms with Crippen LogP contribution in [0.1, 0.15) is 19.3 Å². The fourth-order valence-electron chi connectivity index (χ4n) is 2.26. The Balaban J connectivity index is 1.88. The molecule has 1 aromatic rings. The van der Waals surface area contributed by atoms with Crippen LogP contribution in [0.4, 0.5) is 5.69 Å². The Bertz CT molecular complexity index is 653. The number of nitrogens with zero attached hydrogens (tertiary/aromatic N) is 1. The molecule has 0 radical (unpaired) electrons. The number of fused-ring (bicyclic) bond motifs is 1. The lowest BCUT2D eigenvalue weighted by molar-refractivity contribution is -0.141. The van der Waals surface area contributed by atoms with E-state index in [-0.39, 0.29) is 30.6 Å². The lowest BCUT2D eigenvalue weighted by Gasteiger charge is -2.25. The number of amides is 2. The number of hydrogen-bond donors (Lipinski definition) is 1. The van der Waals surface area contributed by atoms with Crippen LogP contribution in [0.15, 0.2) is 23.1 Å². The average molecular weight is 371 g/mol. The minimum atomic E-state index is -0.478. The Morgan fingerprint density at radius 1 is 1.42 bits per heavy atom. The first-order valence-corrected chi connectivity index (χ1v) is 8.74. The van der Waals surface area contributed by atoms with Crippen molar-refractivity contribution in [1.82, 2.24) is 4.90 Å². The summed E-state index contributed by atoms with van der Waals surface area (Å²) in [5, 5.41) is 2.86. The highest BCUT2D eigenvalue weighted by molar-refractivity contribution is 8.01. The van der Waals surface area contributed by atoms with Crippen LogP contribution in [0.2, 0.25) is 5.02 Å². The van der Waals surface area contributed by atoms with E-state index in [2.05, 4.69) is 10.1 Å². The van der Waals surface area contributed by atoms with E-state index in [1.807, 2.05) is 6.07 Å². The minimum Gasteiger partial charge on any atom is -0.469 e. The third-order valence-electron chi connectivity index (χ3n) is 3.65. The Morgan fingerprint density at radius 3 is 2.88 bits per heavy atom. The van der Waals surface area contributed by atoms with Crippen molar-refractivity contribution in [1.29, 1.82) is 0 Å². The predicted molar refractivity (Wildman–Crippen MR) is 93.2 cm³/mol. The quantitative estimate of drug-likeness (QED) is 0.779. The number of ether oxygens (including phenoxy) is 1. The second-order valence-electron chi connectivity index (χ2n) is 5.44. The number of rotatable bonds is 6. The van der Waals surface area contributed by atoms with Gasteiger partial charge >= 0.3 is 5.97 Å². The van der Waals surface area contributed by atoms with Gasteiger partial charge in [-0.2, -0.15) is 0 Å². The van der Waals surface area contributed by atoms with Gasteiger partial charge in [0.15, 0.2) is 0 Å². The molecule has 1 aliphatic rings. The van der Waals surface area contributed by atoms with Gasteiger partial charge in [-0.25, -0.2) is 0 Å². The summed E-state index contributed by atoms with van der Waals surface area (Å²) < 4.78 is 4.56. The Labute approximate surface area is 149 Å². The monoisotopic (exact) mass is 370 g/mol. The van der Waals surface area contributed by atoms with Crippen molar-refractivity contribution in [2.24, 2.45) is 0 Å². The largest absolute Gasteiger partial charge is 0.469 e. The topological polar surface area (TPSA) is 75.7 Å². The maximum Gasteiger partial charge on any atom is 0.305 e. The second kappa shape index (κ2) is 8.39. The summed E-state index contributed by atoms with van der Waals surface area (Å²) in [6, 6.07) is 5.28. The predicted octanol–water partition coefficient (Wildman–Crippen LogP) is 2.55. The third kappa shape index (κ3) is 4.88. The summed E-state index contributed by atoms with van der Waals surface area (Å²) in [6.07, 6.45) is 0.897. The molecule has 6 nitrogen and oxygen atoms in total. The highest BCUT2D eigenvalue weighted by Crippen LogP contribution is 2.38. The maximum absolute atomic E-state index is 12.3. The van der Waals surface area contributed by atoms with E-state index in [9.17, 15) is 14.4 Å². The molecule has 1 atom stereocenters. The van der Waals surface area contributed by atoms with Gasteiger partial charge in [-0.15, -0.1) is 11.8 Å². The molecule has 0 fully saturated rings. The number of anilines is 1. The van der Waals surface area contributed by atoms with E-state index in [4.69, 9.17) is 11.6 Å². The van der Waals surface area contributed by atoms with Gasteiger partial charge in [0.2, 0.25) is 11.8 Å². The van der Waals surface area contributed by atoms with E-state index in [1.54, 1.807) is 19.2 Å². The lowest BCUT2D eigenvalue weighted by atomic mass is 10.2. The number of thioether (sulfide) groups is 1. The Morgan fingerprint density at radius 2 is 2.17 bits per heavy atom. The zero-order chi connectivity index (χ0) is 17.7. The maximum atomic E-state index is 12.3. The average Bonchev–Trinajstić information content (AvgIpc) is 2.55. The lowest BCUT2D eigenvalue weighted by Crippen LogP contribution is -2.36. The number of benzene rings is 1. The molecule has 1 N–H and O–H groups in total. The zero-order valence-electron chi connectivity index (χ0n) is 13.5. The fourth-order valence-corrected chi connectivity index (χ4v) is 3.51. The molecule has 130 valence electrons. The standard InChI is InChI=1S/C16H19ClN2O4S/c1-19(7-3-4-15(21)23-2)14(20)9-13-16(22)18-11-8-10(17)5-6-12(11)24-13/h5-6,8,13H,3-4,7,9H2,1-2H3,(H,18,22)/t13-/m1/s1. The van der Waals surface area contributed by atoms with E-state index < -0.39 is 5.25 Å². The second-order valence-corrected chi connectivity index (χ2v) is 7.12. The van der Waals surface area contributed by atoms with Crippen molar-refractivity contribution in [2.75, 3.05) is 26.0 Å². The first kappa shape index (κ1) is 18.6. The summed E-state index contributed by atoms with van der Waals surface area (Å²) in [7, 11) is 3.00. The van der Waals surface area contributed by atoms with Crippen molar-refractivity contribution in [3.8, 4) is 0 Å². The van der Waals surface area contributed by atoms with Crippen LogP contribution >= 0.6 is 23.4 Å². The highest BCUT2D eigenvalue weighted by atomic mass is 35.5. The Kier molecular flexibility index (Phi) is 6.51. The number of carbonyl (C=O) groups is 3. The van der Waals surface area contributed by atoms with E-state index in [0.717, 1.165) is 4.90 Å². The van der Waals surface area contributed by atoms with Crippen LogP contribution in [0, 0.1) is 0 Å². The molecule has 8 heteroatoms. The molecule has 0 unspecified atom stereocenters. The molecule has 24 heavy (non-hydrogen) atoms. The summed E-state index contributed by atoms with van der Waals surface area (Å²) in [5.74, 6) is -0.635. The molecule has 2 amide bonds. The molecular formula is C16H19ClN2O4S. The van der Waals surface area contributed by atoms with E-state index in [0.29, 0.717) is 23.7 Å². The minimum absolute atomic E-state index is 0.104. The van der Waals surface area contributed by atoms with Gasteiger partial charge in [-0.05, 0) is 24.6 Å². The smallest absolute Gasteiger partial charge is 0.305 e. The van der Waals surface area contributed by atoms with Crippen LogP contribution in [-0.4, -0.2) is 48.6 Å². The van der Waals surface area contributed by atoms with Gasteiger partial charge in [0.25, 0.3) is 0 Å². The molecule has 1 heterocycles. The molecule has 0 spiro atoms. The van der Waals surface area contributed by atoms with E-state index in [1.165, 1.54) is 23.8 Å². The SMILES string of the molecule is COC(=O)CCCN(C)C(=O)C[C@H]1Sc2ccc(Cl)cc2NC1=O. The van der Waals surface area contributed by atoms with Crippen LogP contribution in [0.3, 0.4) is 0 Å². The zero-order valence-corrected chi connectivity index (χ0v) is 15.1. The number of nitrogens with one attached hydrogen (secondary N) is 1. The molecule has 1 aliphatic heterocycles. The Hall–Kier alpha value is -1.73. The first-order chi connectivity index (χ1) is 11.4. The highest BCUT2D eigenvalue weighted by Gasteiger charge is 2.30. The number of methoxy groups -OCH3 is 1. The van der Waals surface area contributed by atoms with E-state index >= 15 is 0 Å². The third-order valence-corrected chi connectivity index (χ3v) is 5.16. The van der Waals surface area contributed by atoms with Crippen molar-refractivity contribution in [2.45, 2.75) is 29.4 Å². The summed E-state index contributed by atoms with van der Waals surface area (Å²) >= 11 is 7.27. The van der Waals surface area contributed by atoms with Crippen LogP contribution in [0.5, 0.6) is 0 Å². The van der Waals surface area contributed by atoms with Crippen LogP contribution in [-0.2, 0) is 19.1 Å². The van der Waals surface area contributed by atoms with Crippen LogP contribution in [0.25, 0.3) is 0 Å². The van der Waals surface area contributed by atoms with Crippen molar-refractivity contribution in [3.63, 3.8) is 0 Å². The molecular weight excluding hydrogens is 352 g/mol. The molecule has 2 rings (SSSR count). The fraction of sp³-hybridized carbons (Fsp3) is 0.438. The normalized spacial score (nSPS) is 16.1. The molecule has 0 bridgehead atoms. The van der Waals surface area contributed by atoms with Crippen molar-refractivity contribution >= 4 is 46.8 Å². The van der Waals surface area contributed by atoms with Gasteiger partial charge in [0.05, 0.1) is 18.0 Å². The molecule has 0 aromatic heterocycles. The number of hydrogen-bond acceptors (Lipinski definition) is 5. The molecule has 0 saturated carbocycles. The molecule has 1 aromatic carbocycles. The first-order valence-electron chi connectivity index (χ1n) is 7.48. The number of esters is 1. The van der Waals surface area contributed by atoms with Crippen molar-refractivity contribution < 1.29 is 19.1 Å². The molecule has 0 aliphatic carbocycles. The van der Waals surface area contributed by atoms with Crippen LogP contribution < -0.4 is 5.32 Å². The van der Waals surface area contributed by atoms with Gasteiger partial charge < -0.3 is 15.0 Å². The number of carbonyl (C=O) groups excluding carboxylic acids is 3. The van der Waals surface area contributed by atoms with Gasteiger partial charge in [-0.3, -0.25) is 14.4 Å². The molecule has 0 saturated heterocycles. The van der Waals surface area contributed by atoms with Crippen molar-refractivity contribution in [3.05, 3.63) is 23.2 Å². The summed E-state index contributed by atoms with van der Waals surface area (Å²) in [6.45, 7) is 0.444. The summed E-state index contributed by atoms with van der Waals surface area (Å²) in [4.78, 5) is 37.9.